The zero-order valence-electron chi connectivity index (χ0n) is 14.3. The predicted molar refractivity (Wildman–Crippen MR) is 101 cm³/mol. The summed E-state index contributed by atoms with van der Waals surface area (Å²) in [4.78, 5) is 17.2. The average Bonchev–Trinajstić information content (AvgIpc) is 3.13. The lowest BCUT2D eigenvalue weighted by Gasteiger charge is -2.26. The highest BCUT2D eigenvalue weighted by atomic mass is 16.2. The number of hydrogen-bond acceptors (Lipinski definition) is 2. The molecule has 4 nitrogen and oxygen atoms in total. The zero-order valence-corrected chi connectivity index (χ0v) is 14.3. The molecule has 0 saturated carbocycles. The summed E-state index contributed by atoms with van der Waals surface area (Å²) in [6.45, 7) is 2.49. The number of nitrogens with zero attached hydrogens (tertiary/aromatic N) is 1. The van der Waals surface area contributed by atoms with Crippen LogP contribution in [0, 0.1) is 0 Å². The van der Waals surface area contributed by atoms with E-state index in [2.05, 4.69) is 58.8 Å². The fourth-order valence-electron chi connectivity index (χ4n) is 3.52. The molecule has 4 heteroatoms. The number of anilines is 1. The van der Waals surface area contributed by atoms with Crippen molar-refractivity contribution in [3.8, 4) is 0 Å². The van der Waals surface area contributed by atoms with Gasteiger partial charge in [0.05, 0.1) is 0 Å². The van der Waals surface area contributed by atoms with Crippen LogP contribution in [-0.2, 0) is 17.9 Å². The second-order valence-corrected chi connectivity index (χ2v) is 6.63. The normalized spacial score (nSPS) is 15.0. The summed E-state index contributed by atoms with van der Waals surface area (Å²) in [5.74, 6) is 0.247. The SMILES string of the molecule is O=C1CCCCN1c1ccc(CNCc2cccc3[nH]ccc23)cc1. The van der Waals surface area contributed by atoms with Gasteiger partial charge in [-0.25, -0.2) is 0 Å². The molecule has 128 valence electrons. The molecule has 4 rings (SSSR count). The van der Waals surface area contributed by atoms with Crippen molar-refractivity contribution in [1.29, 1.82) is 0 Å². The molecule has 1 aromatic heterocycles. The fraction of sp³-hybridized carbons (Fsp3) is 0.286. The molecule has 2 N–H and O–H groups in total. The van der Waals surface area contributed by atoms with Gasteiger partial charge in [0, 0.05) is 48.8 Å². The van der Waals surface area contributed by atoms with Gasteiger partial charge in [0.15, 0.2) is 0 Å². The topological polar surface area (TPSA) is 48.1 Å². The van der Waals surface area contributed by atoms with Crippen molar-refractivity contribution < 1.29 is 4.79 Å². The van der Waals surface area contributed by atoms with Gasteiger partial charge in [0.25, 0.3) is 0 Å². The zero-order chi connectivity index (χ0) is 17.1. The molecule has 1 saturated heterocycles. The Hall–Kier alpha value is -2.59. The maximum Gasteiger partial charge on any atom is 0.226 e. The molecule has 0 unspecified atom stereocenters. The van der Waals surface area contributed by atoms with Crippen LogP contribution in [0.3, 0.4) is 0 Å². The van der Waals surface area contributed by atoms with Crippen molar-refractivity contribution in [1.82, 2.24) is 10.3 Å². The largest absolute Gasteiger partial charge is 0.361 e. The minimum Gasteiger partial charge on any atom is -0.361 e. The molecule has 1 amide bonds. The van der Waals surface area contributed by atoms with E-state index < -0.39 is 0 Å². The predicted octanol–water partition coefficient (Wildman–Crippen LogP) is 3.97. The number of piperidine rings is 1. The highest BCUT2D eigenvalue weighted by Gasteiger charge is 2.19. The van der Waals surface area contributed by atoms with E-state index in [1.807, 2.05) is 11.1 Å². The van der Waals surface area contributed by atoms with Crippen LogP contribution in [0.4, 0.5) is 5.69 Å². The Labute approximate surface area is 147 Å². The van der Waals surface area contributed by atoms with E-state index in [1.54, 1.807) is 0 Å². The van der Waals surface area contributed by atoms with E-state index in [9.17, 15) is 4.79 Å². The van der Waals surface area contributed by atoms with Gasteiger partial charge in [0.1, 0.15) is 0 Å². The number of hydrogen-bond donors (Lipinski definition) is 2. The number of fused-ring (bicyclic) bond motifs is 1. The molecule has 2 heterocycles. The first-order valence-corrected chi connectivity index (χ1v) is 8.96. The Bertz CT molecular complexity index is 866. The lowest BCUT2D eigenvalue weighted by Crippen LogP contribution is -2.35. The first-order chi connectivity index (χ1) is 12.3. The quantitative estimate of drug-likeness (QED) is 0.742. The van der Waals surface area contributed by atoms with E-state index in [1.165, 1.54) is 22.0 Å². The molecule has 1 fully saturated rings. The summed E-state index contributed by atoms with van der Waals surface area (Å²) in [5, 5.41) is 4.79. The third kappa shape index (κ3) is 3.44. The van der Waals surface area contributed by atoms with Crippen molar-refractivity contribution in [3.05, 3.63) is 65.9 Å². The number of aromatic amines is 1. The summed E-state index contributed by atoms with van der Waals surface area (Å²) in [7, 11) is 0. The molecule has 3 aromatic rings. The van der Waals surface area contributed by atoms with Gasteiger partial charge in [-0.3, -0.25) is 4.79 Å². The number of H-pyrrole nitrogens is 1. The van der Waals surface area contributed by atoms with Crippen LogP contribution in [0.25, 0.3) is 10.9 Å². The standard InChI is InChI=1S/C21H23N3O/c25-21-6-1-2-13-24(21)18-9-7-16(8-10-18)14-22-15-17-4-3-5-20-19(17)11-12-23-20/h3-5,7-12,22-23H,1-2,6,13-15H2. The molecule has 1 aliphatic rings. The van der Waals surface area contributed by atoms with E-state index >= 15 is 0 Å². The molecule has 25 heavy (non-hydrogen) atoms. The van der Waals surface area contributed by atoms with Crippen LogP contribution in [0.5, 0.6) is 0 Å². The Morgan fingerprint density at radius 3 is 2.72 bits per heavy atom. The molecular formula is C21H23N3O. The number of benzene rings is 2. The molecule has 2 aromatic carbocycles. The second-order valence-electron chi connectivity index (χ2n) is 6.63. The van der Waals surface area contributed by atoms with Crippen molar-refractivity contribution in [3.63, 3.8) is 0 Å². The van der Waals surface area contributed by atoms with Crippen LogP contribution in [0.15, 0.2) is 54.7 Å². The molecule has 0 spiro atoms. The van der Waals surface area contributed by atoms with Crippen LogP contribution >= 0.6 is 0 Å². The van der Waals surface area contributed by atoms with Gasteiger partial charge in [-0.05, 0) is 48.2 Å². The second kappa shape index (κ2) is 7.11. The Morgan fingerprint density at radius 1 is 1.00 bits per heavy atom. The van der Waals surface area contributed by atoms with Gasteiger partial charge >= 0.3 is 0 Å². The van der Waals surface area contributed by atoms with Crippen LogP contribution in [-0.4, -0.2) is 17.4 Å². The first-order valence-electron chi connectivity index (χ1n) is 8.96. The number of amides is 1. The highest BCUT2D eigenvalue weighted by molar-refractivity contribution is 5.93. The van der Waals surface area contributed by atoms with Crippen molar-refractivity contribution in [2.45, 2.75) is 32.4 Å². The molecule has 0 bridgehead atoms. The number of nitrogens with one attached hydrogen (secondary N) is 2. The molecule has 0 atom stereocenters. The summed E-state index contributed by atoms with van der Waals surface area (Å²) in [6, 6.07) is 16.8. The van der Waals surface area contributed by atoms with Gasteiger partial charge in [-0.2, -0.15) is 0 Å². The molecule has 0 radical (unpaired) electrons. The van der Waals surface area contributed by atoms with Gasteiger partial charge in [-0.1, -0.05) is 24.3 Å². The van der Waals surface area contributed by atoms with Crippen molar-refractivity contribution >= 4 is 22.5 Å². The number of carbonyl (C=O) groups is 1. The summed E-state index contributed by atoms with van der Waals surface area (Å²) in [6.07, 6.45) is 4.77. The molecular weight excluding hydrogens is 310 g/mol. The average molecular weight is 333 g/mol. The maximum atomic E-state index is 12.0. The smallest absolute Gasteiger partial charge is 0.226 e. The molecule has 0 aliphatic carbocycles. The lowest BCUT2D eigenvalue weighted by molar-refractivity contribution is -0.119. The van der Waals surface area contributed by atoms with Crippen LogP contribution in [0.1, 0.15) is 30.4 Å². The third-order valence-electron chi connectivity index (χ3n) is 4.90. The van der Waals surface area contributed by atoms with Crippen molar-refractivity contribution in [2.75, 3.05) is 11.4 Å². The van der Waals surface area contributed by atoms with Gasteiger partial charge < -0.3 is 15.2 Å². The molecule has 1 aliphatic heterocycles. The Balaban J connectivity index is 1.37. The van der Waals surface area contributed by atoms with Crippen LogP contribution < -0.4 is 10.2 Å². The minimum atomic E-state index is 0.247. The van der Waals surface area contributed by atoms with E-state index in [0.717, 1.165) is 38.2 Å². The Kier molecular flexibility index (Phi) is 4.53. The van der Waals surface area contributed by atoms with E-state index in [0.29, 0.717) is 6.42 Å². The third-order valence-corrected chi connectivity index (χ3v) is 4.90. The monoisotopic (exact) mass is 333 g/mol. The lowest BCUT2D eigenvalue weighted by atomic mass is 10.1. The fourth-order valence-corrected chi connectivity index (χ4v) is 3.52. The summed E-state index contributed by atoms with van der Waals surface area (Å²) >= 11 is 0. The van der Waals surface area contributed by atoms with Crippen molar-refractivity contribution in [2.24, 2.45) is 0 Å². The van der Waals surface area contributed by atoms with Gasteiger partial charge in [-0.15, -0.1) is 0 Å². The number of aromatic nitrogens is 1. The van der Waals surface area contributed by atoms with Gasteiger partial charge in [0.2, 0.25) is 5.91 Å². The minimum absolute atomic E-state index is 0.247. The van der Waals surface area contributed by atoms with E-state index in [4.69, 9.17) is 0 Å². The maximum absolute atomic E-state index is 12.0. The first kappa shape index (κ1) is 15.9. The highest BCUT2D eigenvalue weighted by Crippen LogP contribution is 2.21. The van der Waals surface area contributed by atoms with E-state index in [-0.39, 0.29) is 5.91 Å². The summed E-state index contributed by atoms with van der Waals surface area (Å²) in [5.41, 5.74) is 4.73. The van der Waals surface area contributed by atoms with Crippen LogP contribution in [0.2, 0.25) is 0 Å². The number of rotatable bonds is 5. The number of carbonyl (C=O) groups excluding carboxylic acids is 1. The Morgan fingerprint density at radius 2 is 1.88 bits per heavy atom. The summed E-state index contributed by atoms with van der Waals surface area (Å²) < 4.78 is 0.